The van der Waals surface area contributed by atoms with Gasteiger partial charge in [0.05, 0.1) is 6.20 Å². The molecule has 1 aromatic rings. The molecule has 110 valence electrons. The van der Waals surface area contributed by atoms with Gasteiger partial charge in [-0.3, -0.25) is 9.78 Å². The van der Waals surface area contributed by atoms with Crippen LogP contribution in [-0.2, 0) is 4.79 Å². The highest BCUT2D eigenvalue weighted by molar-refractivity contribution is 5.75. The lowest BCUT2D eigenvalue weighted by Crippen LogP contribution is -2.29. The Morgan fingerprint density at radius 2 is 2.05 bits per heavy atom. The molecule has 0 aliphatic heterocycles. The minimum Gasteiger partial charge on any atom is -0.367 e. The van der Waals surface area contributed by atoms with Crippen molar-refractivity contribution >= 4 is 11.7 Å². The molecule has 0 unspecified atom stereocenters. The van der Waals surface area contributed by atoms with Gasteiger partial charge in [-0.05, 0) is 12.3 Å². The topological polar surface area (TPSA) is 66.9 Å². The standard InChI is InChI=1S/C15H24N4O/c20-15(7-6-13-4-2-1-3-5-13)19-11-10-18-14-12-16-8-9-17-14/h8-9,12-13H,1-7,10-11H2,(H,17,18)(H,19,20). The van der Waals surface area contributed by atoms with Gasteiger partial charge in [0.1, 0.15) is 5.82 Å². The molecule has 0 spiro atoms. The number of nitrogens with zero attached hydrogens (tertiary/aromatic N) is 2. The molecule has 0 bridgehead atoms. The van der Waals surface area contributed by atoms with E-state index in [4.69, 9.17) is 0 Å². The molecule has 0 atom stereocenters. The molecule has 0 aromatic carbocycles. The van der Waals surface area contributed by atoms with Crippen molar-refractivity contribution < 1.29 is 4.79 Å². The number of hydrogen-bond donors (Lipinski definition) is 2. The van der Waals surface area contributed by atoms with E-state index < -0.39 is 0 Å². The summed E-state index contributed by atoms with van der Waals surface area (Å²) in [6.45, 7) is 1.30. The molecular formula is C15H24N4O. The molecule has 0 saturated heterocycles. The van der Waals surface area contributed by atoms with Crippen molar-refractivity contribution in [2.45, 2.75) is 44.9 Å². The van der Waals surface area contributed by atoms with E-state index in [1.807, 2.05) is 0 Å². The third-order valence-electron chi connectivity index (χ3n) is 3.82. The number of aromatic nitrogens is 2. The maximum atomic E-state index is 11.7. The Morgan fingerprint density at radius 1 is 1.20 bits per heavy atom. The molecule has 1 amide bonds. The fourth-order valence-electron chi connectivity index (χ4n) is 2.68. The Hall–Kier alpha value is -1.65. The van der Waals surface area contributed by atoms with Crippen molar-refractivity contribution in [3.63, 3.8) is 0 Å². The zero-order valence-corrected chi connectivity index (χ0v) is 12.0. The molecule has 5 nitrogen and oxygen atoms in total. The molecule has 1 aliphatic carbocycles. The van der Waals surface area contributed by atoms with Crippen molar-refractivity contribution in [1.82, 2.24) is 15.3 Å². The van der Waals surface area contributed by atoms with E-state index in [0.717, 1.165) is 18.2 Å². The van der Waals surface area contributed by atoms with E-state index in [1.54, 1.807) is 18.6 Å². The first-order valence-electron chi connectivity index (χ1n) is 7.61. The van der Waals surface area contributed by atoms with Gasteiger partial charge < -0.3 is 10.6 Å². The fourth-order valence-corrected chi connectivity index (χ4v) is 2.68. The van der Waals surface area contributed by atoms with E-state index in [9.17, 15) is 4.79 Å². The Balaban J connectivity index is 1.51. The van der Waals surface area contributed by atoms with E-state index in [2.05, 4.69) is 20.6 Å². The second-order valence-electron chi connectivity index (χ2n) is 5.41. The van der Waals surface area contributed by atoms with E-state index in [-0.39, 0.29) is 5.91 Å². The van der Waals surface area contributed by atoms with Gasteiger partial charge in [-0.1, -0.05) is 32.1 Å². The highest BCUT2D eigenvalue weighted by atomic mass is 16.1. The summed E-state index contributed by atoms with van der Waals surface area (Å²) in [7, 11) is 0. The lowest BCUT2D eigenvalue weighted by Gasteiger charge is -2.20. The zero-order chi connectivity index (χ0) is 14.0. The number of hydrogen-bond acceptors (Lipinski definition) is 4. The molecule has 1 aliphatic rings. The van der Waals surface area contributed by atoms with Crippen LogP contribution in [0.5, 0.6) is 0 Å². The molecule has 0 radical (unpaired) electrons. The second-order valence-corrected chi connectivity index (χ2v) is 5.41. The molecule has 1 heterocycles. The van der Waals surface area contributed by atoms with Gasteiger partial charge in [-0.2, -0.15) is 0 Å². The summed E-state index contributed by atoms with van der Waals surface area (Å²) in [6, 6.07) is 0. The summed E-state index contributed by atoms with van der Waals surface area (Å²) in [5.74, 6) is 1.67. The van der Waals surface area contributed by atoms with Gasteiger partial charge in [0.2, 0.25) is 5.91 Å². The van der Waals surface area contributed by atoms with Crippen LogP contribution in [0, 0.1) is 5.92 Å². The second kappa shape index (κ2) is 8.51. The van der Waals surface area contributed by atoms with E-state index >= 15 is 0 Å². The predicted molar refractivity (Wildman–Crippen MR) is 79.3 cm³/mol. The maximum Gasteiger partial charge on any atom is 0.220 e. The Bertz CT molecular complexity index is 390. The van der Waals surface area contributed by atoms with Gasteiger partial charge in [0, 0.05) is 31.9 Å². The van der Waals surface area contributed by atoms with Crippen molar-refractivity contribution in [3.05, 3.63) is 18.6 Å². The summed E-state index contributed by atoms with van der Waals surface area (Å²) in [6.07, 6.45) is 13.3. The smallest absolute Gasteiger partial charge is 0.220 e. The van der Waals surface area contributed by atoms with Crippen LogP contribution in [0.1, 0.15) is 44.9 Å². The summed E-state index contributed by atoms with van der Waals surface area (Å²) in [4.78, 5) is 19.8. The first-order chi connectivity index (χ1) is 9.84. The highest BCUT2D eigenvalue weighted by Crippen LogP contribution is 2.27. The normalized spacial score (nSPS) is 15.8. The lowest BCUT2D eigenvalue weighted by molar-refractivity contribution is -0.121. The van der Waals surface area contributed by atoms with Gasteiger partial charge in [-0.25, -0.2) is 4.98 Å². The summed E-state index contributed by atoms with van der Waals surface area (Å²) >= 11 is 0. The predicted octanol–water partition coefficient (Wildman–Crippen LogP) is 2.37. The highest BCUT2D eigenvalue weighted by Gasteiger charge is 2.14. The van der Waals surface area contributed by atoms with Crippen LogP contribution in [0.15, 0.2) is 18.6 Å². The minimum absolute atomic E-state index is 0.163. The molecule has 20 heavy (non-hydrogen) atoms. The largest absolute Gasteiger partial charge is 0.367 e. The van der Waals surface area contributed by atoms with E-state index in [1.165, 1.54) is 32.1 Å². The van der Waals surface area contributed by atoms with Crippen LogP contribution in [0.2, 0.25) is 0 Å². The quantitative estimate of drug-likeness (QED) is 0.750. The van der Waals surface area contributed by atoms with Gasteiger partial charge in [0.25, 0.3) is 0 Å². The third-order valence-corrected chi connectivity index (χ3v) is 3.82. The van der Waals surface area contributed by atoms with Crippen LogP contribution < -0.4 is 10.6 Å². The lowest BCUT2D eigenvalue weighted by atomic mass is 9.86. The van der Waals surface area contributed by atoms with Crippen molar-refractivity contribution in [1.29, 1.82) is 0 Å². The van der Waals surface area contributed by atoms with Crippen LogP contribution in [0.25, 0.3) is 0 Å². The fraction of sp³-hybridized carbons (Fsp3) is 0.667. The number of anilines is 1. The number of carbonyl (C=O) groups excluding carboxylic acids is 1. The van der Waals surface area contributed by atoms with Crippen LogP contribution >= 0.6 is 0 Å². The molecule has 5 heteroatoms. The third kappa shape index (κ3) is 5.55. The van der Waals surface area contributed by atoms with Crippen molar-refractivity contribution in [3.8, 4) is 0 Å². The number of carbonyl (C=O) groups is 1. The monoisotopic (exact) mass is 276 g/mol. The molecule has 2 N–H and O–H groups in total. The van der Waals surface area contributed by atoms with Gasteiger partial charge >= 0.3 is 0 Å². The molecular weight excluding hydrogens is 252 g/mol. The van der Waals surface area contributed by atoms with Crippen LogP contribution in [0.4, 0.5) is 5.82 Å². The first-order valence-corrected chi connectivity index (χ1v) is 7.61. The Kier molecular flexibility index (Phi) is 6.27. The molecule has 2 rings (SSSR count). The SMILES string of the molecule is O=C(CCC1CCCCC1)NCCNc1cnccn1. The summed E-state index contributed by atoms with van der Waals surface area (Å²) in [5.41, 5.74) is 0. The zero-order valence-electron chi connectivity index (χ0n) is 12.0. The van der Waals surface area contributed by atoms with Crippen LogP contribution in [-0.4, -0.2) is 29.0 Å². The van der Waals surface area contributed by atoms with E-state index in [0.29, 0.717) is 19.5 Å². The Labute approximate surface area is 120 Å². The molecule has 1 saturated carbocycles. The average molecular weight is 276 g/mol. The van der Waals surface area contributed by atoms with Crippen LogP contribution in [0.3, 0.4) is 0 Å². The maximum absolute atomic E-state index is 11.7. The summed E-state index contributed by atoms with van der Waals surface area (Å²) in [5, 5.41) is 6.06. The number of amides is 1. The van der Waals surface area contributed by atoms with Crippen molar-refractivity contribution in [2.24, 2.45) is 5.92 Å². The van der Waals surface area contributed by atoms with Crippen molar-refractivity contribution in [2.75, 3.05) is 18.4 Å². The average Bonchev–Trinajstić information content (AvgIpc) is 2.52. The Morgan fingerprint density at radius 3 is 2.80 bits per heavy atom. The molecule has 1 fully saturated rings. The number of rotatable bonds is 7. The number of nitrogens with one attached hydrogen (secondary N) is 2. The van der Waals surface area contributed by atoms with Gasteiger partial charge in [0.15, 0.2) is 0 Å². The first kappa shape index (κ1) is 14.8. The minimum atomic E-state index is 0.163. The van der Waals surface area contributed by atoms with Gasteiger partial charge in [-0.15, -0.1) is 0 Å². The molecule has 1 aromatic heterocycles. The summed E-state index contributed by atoms with van der Waals surface area (Å²) < 4.78 is 0.